The van der Waals surface area contributed by atoms with Gasteiger partial charge in [0, 0.05) is 35.6 Å². The van der Waals surface area contributed by atoms with Crippen molar-refractivity contribution < 1.29 is 9.13 Å². The zero-order valence-corrected chi connectivity index (χ0v) is 21.2. The number of rotatable bonds is 8. The molecule has 0 saturated heterocycles. The largest absolute Gasteiger partial charge is 0.494 e. The van der Waals surface area contributed by atoms with Crippen LogP contribution in [-0.2, 0) is 19.6 Å². The Balaban J connectivity index is 1.31. The van der Waals surface area contributed by atoms with E-state index in [1.54, 1.807) is 27.6 Å². The van der Waals surface area contributed by atoms with Crippen LogP contribution in [0.25, 0.3) is 11.0 Å². The summed E-state index contributed by atoms with van der Waals surface area (Å²) in [6, 6.07) is 14.0. The van der Waals surface area contributed by atoms with Crippen molar-refractivity contribution in [3.05, 3.63) is 110 Å². The molecule has 3 aromatic heterocycles. The van der Waals surface area contributed by atoms with Crippen LogP contribution in [0.15, 0.2) is 72.0 Å². The highest BCUT2D eigenvalue weighted by Gasteiger charge is 2.15. The number of nitrogens with zero attached hydrogens (tertiary/aromatic N) is 5. The summed E-state index contributed by atoms with van der Waals surface area (Å²) in [5.41, 5.74) is 2.66. The minimum Gasteiger partial charge on any atom is -0.494 e. The second-order valence-corrected chi connectivity index (χ2v) is 9.16. The molecule has 5 rings (SSSR count). The summed E-state index contributed by atoms with van der Waals surface area (Å²) in [7, 11) is 1.40. The number of anilines is 1. The molecule has 2 aromatic carbocycles. The van der Waals surface area contributed by atoms with Crippen LogP contribution >= 0.6 is 23.2 Å². The molecule has 0 unspecified atom stereocenters. The first-order chi connectivity index (χ1) is 17.9. The maximum absolute atomic E-state index is 14.7. The van der Waals surface area contributed by atoms with Gasteiger partial charge in [-0.15, -0.1) is 0 Å². The molecular weight excluding hydrogens is 518 g/mol. The molecule has 3 heterocycles. The molecule has 0 spiro atoms. The zero-order valence-electron chi connectivity index (χ0n) is 19.7. The first-order valence-corrected chi connectivity index (χ1v) is 12.0. The molecule has 37 heavy (non-hydrogen) atoms. The minimum absolute atomic E-state index is 0.107. The van der Waals surface area contributed by atoms with Crippen molar-refractivity contribution >= 4 is 40.1 Å². The number of hydrogen-bond acceptors (Lipinski definition) is 6. The van der Waals surface area contributed by atoms with E-state index in [0.717, 1.165) is 11.1 Å². The molecule has 0 aliphatic rings. The van der Waals surface area contributed by atoms with E-state index in [4.69, 9.17) is 27.9 Å². The summed E-state index contributed by atoms with van der Waals surface area (Å²) in [6.07, 6.45) is 4.86. The topological polar surface area (TPSA) is 86.9 Å². The summed E-state index contributed by atoms with van der Waals surface area (Å²) in [4.78, 5) is 20.6. The molecule has 188 valence electrons. The summed E-state index contributed by atoms with van der Waals surface area (Å²) in [5, 5.41) is 9.17. The van der Waals surface area contributed by atoms with Crippen LogP contribution in [0, 0.1) is 5.82 Å². The average Bonchev–Trinajstić information content (AvgIpc) is 3.30. The average molecular weight is 539 g/mol. The highest BCUT2D eigenvalue weighted by Crippen LogP contribution is 2.28. The number of pyridine rings is 1. The van der Waals surface area contributed by atoms with Gasteiger partial charge in [-0.1, -0.05) is 47.5 Å². The fraction of sp³-hybridized carbons (Fsp3) is 0.154. The molecular formula is C26H21Cl2FN6O2. The number of halogens is 3. The molecule has 8 nitrogen and oxygen atoms in total. The van der Waals surface area contributed by atoms with E-state index in [2.05, 4.69) is 20.4 Å². The maximum Gasteiger partial charge on any atom is 0.250 e. The molecule has 0 amide bonds. The number of hydrogen-bond donors (Lipinski definition) is 1. The van der Waals surface area contributed by atoms with Gasteiger partial charge in [-0.25, -0.2) is 14.4 Å². The van der Waals surface area contributed by atoms with Gasteiger partial charge in [0.25, 0.3) is 5.56 Å². The number of nitrogens with one attached hydrogen (secondary N) is 1. The van der Waals surface area contributed by atoms with E-state index in [1.807, 2.05) is 30.5 Å². The Kier molecular flexibility index (Phi) is 7.07. The van der Waals surface area contributed by atoms with E-state index in [0.29, 0.717) is 35.0 Å². The Morgan fingerprint density at radius 3 is 2.49 bits per heavy atom. The smallest absolute Gasteiger partial charge is 0.250 e. The molecule has 11 heteroatoms. The summed E-state index contributed by atoms with van der Waals surface area (Å²) < 4.78 is 23.0. The second kappa shape index (κ2) is 10.6. The Morgan fingerprint density at radius 1 is 0.973 bits per heavy atom. The highest BCUT2D eigenvalue weighted by molar-refractivity contribution is 6.31. The number of aromatic nitrogens is 5. The SMILES string of the molecule is COc1ccc(Cl)c(CNc2ncnc3nn(Cc4ccc(Cn5cc(Cl)ccc5=O)cc4)cc23)c1F. The molecule has 5 aromatic rings. The Hall–Kier alpha value is -3.95. The predicted molar refractivity (Wildman–Crippen MR) is 141 cm³/mol. The molecule has 0 bridgehead atoms. The van der Waals surface area contributed by atoms with Crippen LogP contribution < -0.4 is 15.6 Å². The van der Waals surface area contributed by atoms with Gasteiger partial charge in [-0.05, 0) is 29.3 Å². The number of ether oxygens (including phenoxy) is 1. The van der Waals surface area contributed by atoms with Crippen LogP contribution in [-0.4, -0.2) is 31.4 Å². The highest BCUT2D eigenvalue weighted by atomic mass is 35.5. The van der Waals surface area contributed by atoms with Crippen molar-refractivity contribution in [1.29, 1.82) is 0 Å². The van der Waals surface area contributed by atoms with Gasteiger partial charge in [-0.2, -0.15) is 5.10 Å². The summed E-state index contributed by atoms with van der Waals surface area (Å²) in [5.74, 6) is 0.108. The Morgan fingerprint density at radius 2 is 1.73 bits per heavy atom. The number of fused-ring (bicyclic) bond motifs is 1. The van der Waals surface area contributed by atoms with Crippen molar-refractivity contribution in [2.45, 2.75) is 19.6 Å². The molecule has 0 saturated carbocycles. The molecule has 0 radical (unpaired) electrons. The van der Waals surface area contributed by atoms with Gasteiger partial charge in [0.05, 0.1) is 30.6 Å². The third-order valence-corrected chi connectivity index (χ3v) is 6.41. The fourth-order valence-corrected chi connectivity index (χ4v) is 4.33. The lowest BCUT2D eigenvalue weighted by atomic mass is 10.1. The van der Waals surface area contributed by atoms with Crippen molar-refractivity contribution in [2.75, 3.05) is 12.4 Å². The van der Waals surface area contributed by atoms with Crippen molar-refractivity contribution in [3.8, 4) is 5.75 Å². The predicted octanol–water partition coefficient (Wildman–Crippen LogP) is 5.15. The Labute approximate surface area is 221 Å². The van der Waals surface area contributed by atoms with Gasteiger partial charge in [0.1, 0.15) is 12.1 Å². The monoisotopic (exact) mass is 538 g/mol. The van der Waals surface area contributed by atoms with Gasteiger partial charge in [0.2, 0.25) is 0 Å². The molecule has 0 aliphatic heterocycles. The van der Waals surface area contributed by atoms with Crippen molar-refractivity contribution in [3.63, 3.8) is 0 Å². The van der Waals surface area contributed by atoms with E-state index in [9.17, 15) is 9.18 Å². The summed E-state index contributed by atoms with van der Waals surface area (Å²) >= 11 is 12.2. The molecule has 0 fully saturated rings. The zero-order chi connectivity index (χ0) is 25.9. The lowest BCUT2D eigenvalue weighted by Gasteiger charge is -2.11. The Bertz CT molecular complexity index is 1640. The third-order valence-electron chi connectivity index (χ3n) is 5.84. The van der Waals surface area contributed by atoms with Crippen LogP contribution in [0.5, 0.6) is 5.75 Å². The van der Waals surface area contributed by atoms with Gasteiger partial charge >= 0.3 is 0 Å². The van der Waals surface area contributed by atoms with Gasteiger partial charge in [0.15, 0.2) is 17.2 Å². The first kappa shape index (κ1) is 24.7. The summed E-state index contributed by atoms with van der Waals surface area (Å²) in [6.45, 7) is 1.04. The normalized spacial score (nSPS) is 11.1. The van der Waals surface area contributed by atoms with Crippen molar-refractivity contribution in [1.82, 2.24) is 24.3 Å². The van der Waals surface area contributed by atoms with E-state index < -0.39 is 5.82 Å². The van der Waals surface area contributed by atoms with Crippen LogP contribution in [0.1, 0.15) is 16.7 Å². The minimum atomic E-state index is -0.521. The second-order valence-electron chi connectivity index (χ2n) is 8.31. The van der Waals surface area contributed by atoms with Crippen LogP contribution in [0.3, 0.4) is 0 Å². The molecule has 1 N–H and O–H groups in total. The van der Waals surface area contributed by atoms with E-state index in [1.165, 1.54) is 25.6 Å². The standard InChI is InChI=1S/C26H21Cl2FN6O2/c1-37-22-8-7-21(28)19(24(22)29)10-30-25-20-14-35(33-26(20)32-15-31-25)12-17-4-2-16(3-5-17)11-34-13-18(27)6-9-23(34)36/h2-9,13-15H,10-12H2,1H3,(H,30,31,32,33). The maximum atomic E-state index is 14.7. The molecule has 0 aliphatic carbocycles. The fourth-order valence-electron chi connectivity index (χ4n) is 3.93. The van der Waals surface area contributed by atoms with Crippen LogP contribution in [0.4, 0.5) is 10.2 Å². The molecule has 0 atom stereocenters. The quantitative estimate of drug-likeness (QED) is 0.294. The van der Waals surface area contributed by atoms with E-state index in [-0.39, 0.29) is 28.4 Å². The third kappa shape index (κ3) is 5.42. The van der Waals surface area contributed by atoms with Gasteiger partial charge in [-0.3, -0.25) is 9.48 Å². The first-order valence-electron chi connectivity index (χ1n) is 11.3. The van der Waals surface area contributed by atoms with Crippen molar-refractivity contribution in [2.24, 2.45) is 0 Å². The van der Waals surface area contributed by atoms with Gasteiger partial charge < -0.3 is 14.6 Å². The lowest BCUT2D eigenvalue weighted by molar-refractivity contribution is 0.384. The van der Waals surface area contributed by atoms with E-state index >= 15 is 0 Å². The number of methoxy groups -OCH3 is 1. The lowest BCUT2D eigenvalue weighted by Crippen LogP contribution is -2.18. The number of benzene rings is 2. The van der Waals surface area contributed by atoms with Crippen LogP contribution in [0.2, 0.25) is 10.0 Å².